The summed E-state index contributed by atoms with van der Waals surface area (Å²) in [4.78, 5) is 72.2. The molecule has 0 saturated heterocycles. The van der Waals surface area contributed by atoms with Crippen molar-refractivity contribution in [1.82, 2.24) is 0 Å². The number of aliphatic hydroxyl groups is 1. The highest BCUT2D eigenvalue weighted by Crippen LogP contribution is 2.45. The van der Waals surface area contributed by atoms with Gasteiger partial charge in [-0.3, -0.25) is 37.3 Å². The van der Waals surface area contributed by atoms with E-state index in [1.54, 1.807) is 0 Å². The van der Waals surface area contributed by atoms with Gasteiger partial charge in [-0.1, -0.05) is 261 Å². The molecule has 0 saturated carbocycles. The zero-order chi connectivity index (χ0) is 62.5. The molecule has 0 amide bonds. The molecule has 0 fully saturated rings. The van der Waals surface area contributed by atoms with Gasteiger partial charge in [0.2, 0.25) is 0 Å². The van der Waals surface area contributed by atoms with E-state index in [9.17, 15) is 43.2 Å². The van der Waals surface area contributed by atoms with Crippen molar-refractivity contribution in [3.63, 3.8) is 0 Å². The number of aliphatic hydroxyl groups excluding tert-OH is 1. The maximum absolute atomic E-state index is 13.0. The molecular weight excluding hydrogens is 1110 g/mol. The normalized spacial score (nSPS) is 14.4. The van der Waals surface area contributed by atoms with Crippen LogP contribution < -0.4 is 0 Å². The lowest BCUT2D eigenvalue weighted by Crippen LogP contribution is -2.30. The van der Waals surface area contributed by atoms with Gasteiger partial charge in [0.1, 0.15) is 19.3 Å². The maximum Gasteiger partial charge on any atom is 0.472 e. The van der Waals surface area contributed by atoms with Crippen molar-refractivity contribution in [2.24, 2.45) is 23.7 Å². The monoisotopic (exact) mass is 1240 g/mol. The fourth-order valence-electron chi connectivity index (χ4n) is 9.61. The summed E-state index contributed by atoms with van der Waals surface area (Å²) < 4.78 is 68.0. The summed E-state index contributed by atoms with van der Waals surface area (Å²) in [6.45, 7) is 13.9. The standard InChI is InChI=1S/C65H126O17P2/c1-55(2)41-33-25-17-13-10-9-11-15-19-31-39-47-64(69)81-60(51-75-62(67)45-37-29-23-21-27-35-43-57(5)6)53-79-83(71,72)77-49-59(66)50-78-84(73,74)80-54-61(52-76-63(68)46-38-30-24-22-28-36-44-58(7)8)82-65(70)48-40-32-20-16-12-14-18-26-34-42-56(3)4/h55-61,66H,9-54H2,1-8H3,(H,71,72)(H,73,74)/t59-,60+,61+/m0/s1. The predicted molar refractivity (Wildman–Crippen MR) is 335 cm³/mol. The van der Waals surface area contributed by atoms with E-state index in [1.165, 1.54) is 103 Å². The van der Waals surface area contributed by atoms with Gasteiger partial charge in [0, 0.05) is 25.7 Å². The van der Waals surface area contributed by atoms with Crippen molar-refractivity contribution >= 4 is 39.5 Å². The van der Waals surface area contributed by atoms with Crippen LogP contribution in [0.2, 0.25) is 0 Å². The van der Waals surface area contributed by atoms with E-state index in [-0.39, 0.29) is 25.7 Å². The third-order valence-electron chi connectivity index (χ3n) is 14.8. The third-order valence-corrected chi connectivity index (χ3v) is 16.7. The van der Waals surface area contributed by atoms with Gasteiger partial charge in [-0.2, -0.15) is 0 Å². The Bertz CT molecular complexity index is 1680. The van der Waals surface area contributed by atoms with Crippen LogP contribution in [0, 0.1) is 23.7 Å². The zero-order valence-electron chi connectivity index (χ0n) is 54.5. The average Bonchev–Trinajstić information content (AvgIpc) is 3.53. The van der Waals surface area contributed by atoms with E-state index < -0.39 is 97.5 Å². The third kappa shape index (κ3) is 59.0. The second-order valence-corrected chi connectivity index (χ2v) is 28.3. The molecule has 5 atom stereocenters. The molecule has 0 aromatic carbocycles. The first kappa shape index (κ1) is 82.1. The van der Waals surface area contributed by atoms with E-state index in [2.05, 4.69) is 55.4 Å². The molecule has 0 rings (SSSR count). The molecular formula is C65H126O17P2. The molecule has 0 bridgehead atoms. The average molecular weight is 1240 g/mol. The first-order valence-corrected chi connectivity index (χ1v) is 36.7. The van der Waals surface area contributed by atoms with Gasteiger partial charge in [0.05, 0.1) is 26.4 Å². The van der Waals surface area contributed by atoms with Crippen LogP contribution in [0.25, 0.3) is 0 Å². The largest absolute Gasteiger partial charge is 0.472 e. The number of unbranched alkanes of at least 4 members (excludes halogenated alkanes) is 28. The number of rotatable bonds is 62. The van der Waals surface area contributed by atoms with Crippen molar-refractivity contribution in [2.45, 2.75) is 331 Å². The van der Waals surface area contributed by atoms with Crippen molar-refractivity contribution in [1.29, 1.82) is 0 Å². The molecule has 0 aliphatic heterocycles. The molecule has 0 spiro atoms. The van der Waals surface area contributed by atoms with Crippen molar-refractivity contribution < 1.29 is 80.2 Å². The number of hydrogen-bond donors (Lipinski definition) is 3. The first-order valence-electron chi connectivity index (χ1n) is 33.7. The van der Waals surface area contributed by atoms with Crippen LogP contribution in [0.1, 0.15) is 312 Å². The quantitative estimate of drug-likeness (QED) is 0.0222. The lowest BCUT2D eigenvalue weighted by molar-refractivity contribution is -0.161. The highest BCUT2D eigenvalue weighted by molar-refractivity contribution is 7.47. The number of esters is 4. The summed E-state index contributed by atoms with van der Waals surface area (Å²) >= 11 is 0. The highest BCUT2D eigenvalue weighted by Gasteiger charge is 2.30. The summed E-state index contributed by atoms with van der Waals surface area (Å²) in [5, 5.41) is 10.5. The molecule has 0 aliphatic carbocycles. The minimum absolute atomic E-state index is 0.103. The smallest absolute Gasteiger partial charge is 0.462 e. The molecule has 19 heteroatoms. The Hall–Kier alpha value is -1.94. The van der Waals surface area contributed by atoms with Gasteiger partial charge in [-0.25, -0.2) is 9.13 Å². The van der Waals surface area contributed by atoms with Gasteiger partial charge in [0.15, 0.2) is 12.2 Å². The molecule has 2 unspecified atom stereocenters. The summed E-state index contributed by atoms with van der Waals surface area (Å²) in [6.07, 6.45) is 35.1. The van der Waals surface area contributed by atoms with E-state index >= 15 is 0 Å². The van der Waals surface area contributed by atoms with Gasteiger partial charge in [0.25, 0.3) is 0 Å². The molecule has 0 aromatic heterocycles. The van der Waals surface area contributed by atoms with Crippen LogP contribution in [-0.4, -0.2) is 96.7 Å². The number of phosphoric ester groups is 2. The number of hydrogen-bond acceptors (Lipinski definition) is 15. The van der Waals surface area contributed by atoms with E-state index in [1.807, 2.05) is 0 Å². The van der Waals surface area contributed by atoms with Crippen LogP contribution >= 0.6 is 15.6 Å². The van der Waals surface area contributed by atoms with Crippen LogP contribution in [0.4, 0.5) is 0 Å². The SMILES string of the molecule is CC(C)CCCCCCCCCCCCCC(=O)O[C@H](COC(=O)CCCCCCCCC(C)C)COP(=O)(O)OC[C@H](O)COP(=O)(O)OC[C@@H](COC(=O)CCCCCCCCC(C)C)OC(=O)CCCCCCCCCCCC(C)C. The lowest BCUT2D eigenvalue weighted by Gasteiger charge is -2.21. The van der Waals surface area contributed by atoms with Gasteiger partial charge >= 0.3 is 39.5 Å². The molecule has 0 aromatic rings. The van der Waals surface area contributed by atoms with E-state index in [0.717, 1.165) is 115 Å². The fourth-order valence-corrected chi connectivity index (χ4v) is 11.2. The Morgan fingerprint density at radius 1 is 0.298 bits per heavy atom. The highest BCUT2D eigenvalue weighted by atomic mass is 31.2. The van der Waals surface area contributed by atoms with Crippen LogP contribution in [0.3, 0.4) is 0 Å². The molecule has 17 nitrogen and oxygen atoms in total. The van der Waals surface area contributed by atoms with E-state index in [0.29, 0.717) is 37.5 Å². The fraction of sp³-hybridized carbons (Fsp3) is 0.938. The molecule has 0 heterocycles. The summed E-state index contributed by atoms with van der Waals surface area (Å²) in [5.41, 5.74) is 0. The Morgan fingerprint density at radius 2 is 0.500 bits per heavy atom. The van der Waals surface area contributed by atoms with Crippen LogP contribution in [-0.2, 0) is 65.4 Å². The maximum atomic E-state index is 13.0. The summed E-state index contributed by atoms with van der Waals surface area (Å²) in [6, 6.07) is 0. The molecule has 0 radical (unpaired) electrons. The Kier molecular flexibility index (Phi) is 53.9. The Balaban J connectivity index is 5.24. The second kappa shape index (κ2) is 55.2. The van der Waals surface area contributed by atoms with Crippen molar-refractivity contribution in [3.05, 3.63) is 0 Å². The van der Waals surface area contributed by atoms with E-state index in [4.69, 9.17) is 37.0 Å². The summed E-state index contributed by atoms with van der Waals surface area (Å²) in [7, 11) is -9.89. The number of carbonyl (C=O) groups is 4. The van der Waals surface area contributed by atoms with Crippen molar-refractivity contribution in [3.8, 4) is 0 Å². The number of ether oxygens (including phenoxy) is 4. The predicted octanol–water partition coefficient (Wildman–Crippen LogP) is 17.8. The number of phosphoric acid groups is 2. The molecule has 3 N–H and O–H groups in total. The minimum Gasteiger partial charge on any atom is -0.462 e. The van der Waals surface area contributed by atoms with Gasteiger partial charge in [-0.15, -0.1) is 0 Å². The Labute approximate surface area is 511 Å². The Morgan fingerprint density at radius 3 is 0.738 bits per heavy atom. The van der Waals surface area contributed by atoms with Crippen LogP contribution in [0.15, 0.2) is 0 Å². The zero-order valence-corrected chi connectivity index (χ0v) is 56.3. The van der Waals surface area contributed by atoms with Gasteiger partial charge < -0.3 is 33.8 Å². The van der Waals surface area contributed by atoms with Gasteiger partial charge in [-0.05, 0) is 49.4 Å². The van der Waals surface area contributed by atoms with Crippen molar-refractivity contribution in [2.75, 3.05) is 39.6 Å². The molecule has 498 valence electrons. The topological polar surface area (TPSA) is 237 Å². The molecule has 0 aliphatic rings. The van der Waals surface area contributed by atoms with Crippen LogP contribution in [0.5, 0.6) is 0 Å². The number of carbonyl (C=O) groups excluding carboxylic acids is 4. The molecule has 84 heavy (non-hydrogen) atoms. The lowest BCUT2D eigenvalue weighted by atomic mass is 10.0. The second-order valence-electron chi connectivity index (χ2n) is 25.4. The minimum atomic E-state index is -4.95. The summed E-state index contributed by atoms with van der Waals surface area (Å²) in [5.74, 6) is 0.720. The first-order chi connectivity index (χ1) is 40.1.